The molecule has 0 aromatic carbocycles. The molecule has 2 rings (SSSR count). The van der Waals surface area contributed by atoms with Crippen LogP contribution in [0, 0.1) is 0 Å². The second kappa shape index (κ2) is 2.09. The van der Waals surface area contributed by atoms with Crippen LogP contribution >= 0.6 is 0 Å². The Hall–Kier alpha value is -0.400. The molecule has 0 radical (unpaired) electrons. The molecule has 0 atom stereocenters. The maximum absolute atomic E-state index is 11.1. The Balaban J connectivity index is 2.75. The molecule has 0 spiro atoms. The standard InChI is InChI=1S/C5H7NO4S2/c7-11(8)4-2-1-3-5(4)12(9,10)6-11/h6H,1-3H2. The van der Waals surface area contributed by atoms with Crippen molar-refractivity contribution in [2.24, 2.45) is 0 Å². The normalized spacial score (nSPS) is 30.7. The van der Waals surface area contributed by atoms with Gasteiger partial charge in [0.2, 0.25) is 0 Å². The first-order valence-electron chi connectivity index (χ1n) is 3.44. The second-order valence-electron chi connectivity index (χ2n) is 2.79. The van der Waals surface area contributed by atoms with Crippen molar-refractivity contribution in [3.8, 4) is 0 Å². The monoisotopic (exact) mass is 209 g/mol. The third kappa shape index (κ3) is 0.932. The third-order valence-electron chi connectivity index (χ3n) is 1.99. The molecule has 1 aliphatic carbocycles. The Kier molecular flexibility index (Phi) is 1.43. The van der Waals surface area contributed by atoms with E-state index in [0.717, 1.165) is 0 Å². The fraction of sp³-hybridized carbons (Fsp3) is 0.600. The van der Waals surface area contributed by atoms with E-state index in [4.69, 9.17) is 0 Å². The summed E-state index contributed by atoms with van der Waals surface area (Å²) in [5, 5.41) is 0. The Morgan fingerprint density at radius 1 is 0.917 bits per heavy atom. The van der Waals surface area contributed by atoms with Gasteiger partial charge in [-0.1, -0.05) is 0 Å². The number of sulfonamides is 2. The van der Waals surface area contributed by atoms with Gasteiger partial charge in [-0.3, -0.25) is 0 Å². The Morgan fingerprint density at radius 3 is 1.75 bits per heavy atom. The van der Waals surface area contributed by atoms with Gasteiger partial charge in [-0.2, -0.15) is 0 Å². The minimum atomic E-state index is -3.69. The summed E-state index contributed by atoms with van der Waals surface area (Å²) >= 11 is 0. The molecule has 1 N–H and O–H groups in total. The van der Waals surface area contributed by atoms with E-state index < -0.39 is 20.0 Å². The molecular weight excluding hydrogens is 202 g/mol. The molecule has 68 valence electrons. The molecule has 5 nitrogen and oxygen atoms in total. The third-order valence-corrected chi connectivity index (χ3v) is 6.07. The van der Waals surface area contributed by atoms with E-state index in [1.54, 1.807) is 4.13 Å². The van der Waals surface area contributed by atoms with Crippen molar-refractivity contribution in [2.45, 2.75) is 19.3 Å². The predicted molar refractivity (Wildman–Crippen MR) is 41.9 cm³/mol. The van der Waals surface area contributed by atoms with Gasteiger partial charge < -0.3 is 0 Å². The van der Waals surface area contributed by atoms with Crippen LogP contribution in [0.3, 0.4) is 0 Å². The molecule has 12 heavy (non-hydrogen) atoms. The van der Waals surface area contributed by atoms with E-state index in [2.05, 4.69) is 0 Å². The first-order valence-corrected chi connectivity index (χ1v) is 6.41. The number of hydrogen-bond acceptors (Lipinski definition) is 4. The van der Waals surface area contributed by atoms with Crippen LogP contribution in [0.15, 0.2) is 9.81 Å². The molecular formula is C5H7NO4S2. The van der Waals surface area contributed by atoms with Crippen molar-refractivity contribution in [3.63, 3.8) is 0 Å². The lowest BCUT2D eigenvalue weighted by atomic mass is 10.4. The lowest BCUT2D eigenvalue weighted by Gasteiger charge is -1.97. The summed E-state index contributed by atoms with van der Waals surface area (Å²) in [5.41, 5.74) is 0. The van der Waals surface area contributed by atoms with Crippen molar-refractivity contribution < 1.29 is 16.8 Å². The van der Waals surface area contributed by atoms with E-state index in [1.807, 2.05) is 0 Å². The summed E-state index contributed by atoms with van der Waals surface area (Å²) in [5.74, 6) is 0. The SMILES string of the molecule is O=S1(=O)NS(=O)(=O)C2=C1CCC2. The van der Waals surface area contributed by atoms with Crippen LogP contribution in [-0.2, 0) is 20.0 Å². The highest BCUT2D eigenvalue weighted by Crippen LogP contribution is 2.37. The summed E-state index contributed by atoms with van der Waals surface area (Å²) in [7, 11) is -7.38. The van der Waals surface area contributed by atoms with Gasteiger partial charge in [-0.05, 0) is 19.3 Å². The smallest absolute Gasteiger partial charge is 0.206 e. The molecule has 0 saturated heterocycles. The molecule has 0 aromatic rings. The van der Waals surface area contributed by atoms with E-state index in [-0.39, 0.29) is 9.81 Å². The fourth-order valence-electron chi connectivity index (χ4n) is 1.50. The highest BCUT2D eigenvalue weighted by atomic mass is 32.3. The molecule has 1 aliphatic heterocycles. The quantitative estimate of drug-likeness (QED) is 0.591. The van der Waals surface area contributed by atoms with Crippen LogP contribution in [0.2, 0.25) is 0 Å². The van der Waals surface area contributed by atoms with Crippen LogP contribution in [0.4, 0.5) is 0 Å². The van der Waals surface area contributed by atoms with Crippen LogP contribution in [0.5, 0.6) is 0 Å². The zero-order valence-corrected chi connectivity index (χ0v) is 7.70. The highest BCUT2D eigenvalue weighted by Gasteiger charge is 2.42. The van der Waals surface area contributed by atoms with E-state index in [9.17, 15) is 16.8 Å². The van der Waals surface area contributed by atoms with Gasteiger partial charge in [0.15, 0.2) is 0 Å². The first kappa shape index (κ1) is 8.21. The topological polar surface area (TPSA) is 80.3 Å². The molecule has 0 amide bonds. The largest absolute Gasteiger partial charge is 0.250 e. The van der Waals surface area contributed by atoms with Gasteiger partial charge in [0.25, 0.3) is 20.0 Å². The Morgan fingerprint density at radius 2 is 1.33 bits per heavy atom. The minimum absolute atomic E-state index is 0.0718. The molecule has 0 saturated carbocycles. The average Bonchev–Trinajstić information content (AvgIpc) is 2.34. The van der Waals surface area contributed by atoms with Crippen LogP contribution in [0.1, 0.15) is 19.3 Å². The summed E-state index contributed by atoms with van der Waals surface area (Å²) in [6, 6.07) is 0. The lowest BCUT2D eigenvalue weighted by molar-refractivity contribution is 0.585. The van der Waals surface area contributed by atoms with Gasteiger partial charge in [-0.25, -0.2) is 16.8 Å². The molecule has 2 aliphatic rings. The Labute approximate surface area is 70.6 Å². The second-order valence-corrected chi connectivity index (χ2v) is 6.46. The van der Waals surface area contributed by atoms with Crippen molar-refractivity contribution in [1.82, 2.24) is 4.13 Å². The van der Waals surface area contributed by atoms with Gasteiger partial charge >= 0.3 is 0 Å². The number of hydrogen-bond donors (Lipinski definition) is 1. The van der Waals surface area contributed by atoms with E-state index >= 15 is 0 Å². The molecule has 0 unspecified atom stereocenters. The van der Waals surface area contributed by atoms with Crippen molar-refractivity contribution in [2.75, 3.05) is 0 Å². The number of nitrogens with one attached hydrogen (secondary N) is 1. The number of allylic oxidation sites excluding steroid dienone is 2. The van der Waals surface area contributed by atoms with Crippen LogP contribution in [-0.4, -0.2) is 16.8 Å². The lowest BCUT2D eigenvalue weighted by Crippen LogP contribution is -2.24. The van der Waals surface area contributed by atoms with E-state index in [0.29, 0.717) is 19.3 Å². The van der Waals surface area contributed by atoms with Gasteiger partial charge in [-0.15, -0.1) is 4.13 Å². The highest BCUT2D eigenvalue weighted by molar-refractivity contribution is 8.11. The first-order chi connectivity index (χ1) is 5.43. The maximum Gasteiger partial charge on any atom is 0.250 e. The maximum atomic E-state index is 11.1. The molecule has 1 heterocycles. The van der Waals surface area contributed by atoms with Gasteiger partial charge in [0, 0.05) is 0 Å². The van der Waals surface area contributed by atoms with Crippen molar-refractivity contribution in [1.29, 1.82) is 0 Å². The van der Waals surface area contributed by atoms with Gasteiger partial charge in [0.1, 0.15) is 0 Å². The van der Waals surface area contributed by atoms with Crippen molar-refractivity contribution in [3.05, 3.63) is 9.81 Å². The number of rotatable bonds is 0. The minimum Gasteiger partial charge on any atom is -0.206 e. The zero-order valence-electron chi connectivity index (χ0n) is 6.07. The summed E-state index contributed by atoms with van der Waals surface area (Å²) in [4.78, 5) is 0.144. The Bertz CT molecular complexity index is 414. The van der Waals surface area contributed by atoms with Gasteiger partial charge in [0.05, 0.1) is 9.81 Å². The molecule has 0 bridgehead atoms. The summed E-state index contributed by atoms with van der Waals surface area (Å²) in [6.07, 6.45) is 1.32. The summed E-state index contributed by atoms with van der Waals surface area (Å²) in [6.45, 7) is 0. The fourth-order valence-corrected chi connectivity index (χ4v) is 5.75. The van der Waals surface area contributed by atoms with Crippen molar-refractivity contribution >= 4 is 20.0 Å². The predicted octanol–water partition coefficient (Wildman–Crippen LogP) is -0.355. The zero-order chi connectivity index (χ0) is 8.98. The molecule has 7 heteroatoms. The molecule has 0 aromatic heterocycles. The van der Waals surface area contributed by atoms with Crippen LogP contribution in [0.25, 0.3) is 0 Å². The average molecular weight is 209 g/mol. The molecule has 0 fully saturated rings. The van der Waals surface area contributed by atoms with Crippen LogP contribution < -0.4 is 4.13 Å². The van der Waals surface area contributed by atoms with E-state index in [1.165, 1.54) is 0 Å². The summed E-state index contributed by atoms with van der Waals surface area (Å²) < 4.78 is 46.1.